The molecule has 0 amide bonds. The molecule has 2 aromatic rings. The molecule has 0 spiro atoms. The van der Waals surface area contributed by atoms with Gasteiger partial charge in [-0.25, -0.2) is 8.42 Å². The van der Waals surface area contributed by atoms with Gasteiger partial charge in [0.05, 0.1) is 20.4 Å². The molecule has 10 heteroatoms. The highest BCUT2D eigenvalue weighted by molar-refractivity contribution is 7.92. The Balaban J connectivity index is 2.46. The Morgan fingerprint density at radius 3 is 2.12 bits per heavy atom. The number of rotatable bonds is 5. The first-order valence-corrected chi connectivity index (χ1v) is 8.13. The van der Waals surface area contributed by atoms with Crippen LogP contribution in [0.25, 0.3) is 0 Å². The van der Waals surface area contributed by atoms with Crippen molar-refractivity contribution in [1.82, 2.24) is 0 Å². The summed E-state index contributed by atoms with van der Waals surface area (Å²) in [4.78, 5) is 20.1. The average molecular weight is 351 g/mol. The zero-order chi connectivity index (χ0) is 18.1. The third-order valence-corrected chi connectivity index (χ3v) is 4.73. The van der Waals surface area contributed by atoms with Gasteiger partial charge in [0.2, 0.25) is 0 Å². The number of hydrogen-bond donors (Lipinski definition) is 1. The van der Waals surface area contributed by atoms with Crippen LogP contribution in [0, 0.1) is 34.1 Å². The van der Waals surface area contributed by atoms with Crippen LogP contribution in [-0.2, 0) is 10.0 Å². The standard InChI is InChI=1S/C14H13N3O6S/c1-9-3-5-11(16(18)19)7-13(9)15-24(22,23)12-6-4-10(2)14(8-12)17(20)21/h3-8,15H,1-2H3. The molecule has 2 rings (SSSR count). The number of nitrogens with zero attached hydrogens (tertiary/aromatic N) is 2. The van der Waals surface area contributed by atoms with E-state index in [0.717, 1.165) is 12.1 Å². The van der Waals surface area contributed by atoms with Crippen molar-refractivity contribution in [3.8, 4) is 0 Å². The predicted octanol–water partition coefficient (Wildman–Crippen LogP) is 2.92. The quantitative estimate of drug-likeness (QED) is 0.650. The third kappa shape index (κ3) is 3.49. The second-order valence-corrected chi connectivity index (χ2v) is 6.75. The molecule has 24 heavy (non-hydrogen) atoms. The number of nitrogens with one attached hydrogen (secondary N) is 1. The highest BCUT2D eigenvalue weighted by atomic mass is 32.2. The maximum atomic E-state index is 12.4. The van der Waals surface area contributed by atoms with Crippen LogP contribution in [0.2, 0.25) is 0 Å². The summed E-state index contributed by atoms with van der Waals surface area (Å²) in [6.07, 6.45) is 0. The van der Waals surface area contributed by atoms with Gasteiger partial charge < -0.3 is 0 Å². The lowest BCUT2D eigenvalue weighted by Gasteiger charge is -2.11. The van der Waals surface area contributed by atoms with Crippen molar-refractivity contribution in [2.45, 2.75) is 18.7 Å². The number of hydrogen-bond acceptors (Lipinski definition) is 6. The summed E-state index contributed by atoms with van der Waals surface area (Å²) in [6.45, 7) is 3.08. The summed E-state index contributed by atoms with van der Waals surface area (Å²) in [5, 5.41) is 21.8. The zero-order valence-corrected chi connectivity index (χ0v) is 13.5. The molecule has 0 aliphatic heterocycles. The van der Waals surface area contributed by atoms with E-state index in [-0.39, 0.29) is 22.0 Å². The molecule has 0 aliphatic rings. The summed E-state index contributed by atoms with van der Waals surface area (Å²) >= 11 is 0. The van der Waals surface area contributed by atoms with Gasteiger partial charge in [0.25, 0.3) is 21.4 Å². The van der Waals surface area contributed by atoms with Crippen molar-refractivity contribution in [3.05, 3.63) is 67.8 Å². The van der Waals surface area contributed by atoms with E-state index in [1.54, 1.807) is 6.92 Å². The van der Waals surface area contributed by atoms with E-state index in [2.05, 4.69) is 4.72 Å². The molecule has 0 bridgehead atoms. The number of benzene rings is 2. The van der Waals surface area contributed by atoms with E-state index in [0.29, 0.717) is 11.1 Å². The van der Waals surface area contributed by atoms with Crippen molar-refractivity contribution in [2.24, 2.45) is 0 Å². The van der Waals surface area contributed by atoms with E-state index < -0.39 is 19.9 Å². The normalized spacial score (nSPS) is 11.1. The Bertz CT molecular complexity index is 940. The van der Waals surface area contributed by atoms with Crippen molar-refractivity contribution in [3.63, 3.8) is 0 Å². The Morgan fingerprint density at radius 2 is 1.54 bits per heavy atom. The topological polar surface area (TPSA) is 132 Å². The minimum absolute atomic E-state index is 0.0347. The van der Waals surface area contributed by atoms with Crippen molar-refractivity contribution < 1.29 is 18.3 Å². The van der Waals surface area contributed by atoms with Crippen molar-refractivity contribution >= 4 is 27.1 Å². The van der Waals surface area contributed by atoms with Gasteiger partial charge in [0.1, 0.15) is 0 Å². The van der Waals surface area contributed by atoms with E-state index in [1.165, 1.54) is 31.2 Å². The average Bonchev–Trinajstić information content (AvgIpc) is 2.49. The number of anilines is 1. The molecule has 0 atom stereocenters. The van der Waals surface area contributed by atoms with Crippen LogP contribution in [0.15, 0.2) is 41.3 Å². The van der Waals surface area contributed by atoms with Crippen molar-refractivity contribution in [2.75, 3.05) is 4.72 Å². The molecular formula is C14H13N3O6S. The second-order valence-electron chi connectivity index (χ2n) is 5.07. The molecule has 9 nitrogen and oxygen atoms in total. The number of nitro groups is 2. The SMILES string of the molecule is Cc1ccc([N+](=O)[O-])cc1NS(=O)(=O)c1ccc(C)c([N+](=O)[O-])c1. The van der Waals surface area contributed by atoms with Gasteiger partial charge in [-0.3, -0.25) is 25.0 Å². The molecule has 0 aliphatic carbocycles. The highest BCUT2D eigenvalue weighted by Gasteiger charge is 2.21. The largest absolute Gasteiger partial charge is 0.279 e. The van der Waals surface area contributed by atoms with Gasteiger partial charge in [-0.2, -0.15) is 0 Å². The fourth-order valence-electron chi connectivity index (χ4n) is 1.99. The van der Waals surface area contributed by atoms with E-state index >= 15 is 0 Å². The van der Waals surface area contributed by atoms with E-state index in [4.69, 9.17) is 0 Å². The Labute approximate surface area is 137 Å². The van der Waals surface area contributed by atoms with Gasteiger partial charge in [-0.1, -0.05) is 12.1 Å². The molecule has 126 valence electrons. The highest BCUT2D eigenvalue weighted by Crippen LogP contribution is 2.27. The Morgan fingerprint density at radius 1 is 0.917 bits per heavy atom. The molecule has 0 fully saturated rings. The lowest BCUT2D eigenvalue weighted by atomic mass is 10.2. The molecule has 0 aromatic heterocycles. The minimum atomic E-state index is -4.13. The summed E-state index contributed by atoms with van der Waals surface area (Å²) in [6, 6.07) is 7.27. The molecule has 0 saturated carbocycles. The number of sulfonamides is 1. The van der Waals surface area contributed by atoms with Gasteiger partial charge in [-0.05, 0) is 25.5 Å². The first-order valence-electron chi connectivity index (χ1n) is 6.65. The van der Waals surface area contributed by atoms with Crippen LogP contribution in [0.3, 0.4) is 0 Å². The third-order valence-electron chi connectivity index (χ3n) is 3.36. The lowest BCUT2D eigenvalue weighted by Crippen LogP contribution is -2.14. The Hall–Kier alpha value is -3.01. The molecule has 2 aromatic carbocycles. The predicted molar refractivity (Wildman–Crippen MR) is 86.5 cm³/mol. The van der Waals surface area contributed by atoms with Gasteiger partial charge in [0, 0.05) is 23.8 Å². The molecular weight excluding hydrogens is 338 g/mol. The van der Waals surface area contributed by atoms with Crippen LogP contribution >= 0.6 is 0 Å². The fraction of sp³-hybridized carbons (Fsp3) is 0.143. The van der Waals surface area contributed by atoms with Crippen LogP contribution in [0.5, 0.6) is 0 Å². The first kappa shape index (κ1) is 17.3. The summed E-state index contributed by atoms with van der Waals surface area (Å²) in [7, 11) is -4.13. The smallest absolute Gasteiger partial charge is 0.273 e. The molecule has 0 radical (unpaired) electrons. The van der Waals surface area contributed by atoms with E-state index in [1.807, 2.05) is 0 Å². The summed E-state index contributed by atoms with van der Waals surface area (Å²) in [5.74, 6) is 0. The maximum Gasteiger partial charge on any atom is 0.273 e. The Kier molecular flexibility index (Phi) is 4.51. The van der Waals surface area contributed by atoms with E-state index in [9.17, 15) is 28.6 Å². The van der Waals surface area contributed by atoms with Gasteiger partial charge in [-0.15, -0.1) is 0 Å². The number of nitro benzene ring substituents is 2. The van der Waals surface area contributed by atoms with Crippen LogP contribution in [-0.4, -0.2) is 18.3 Å². The van der Waals surface area contributed by atoms with Crippen LogP contribution in [0.1, 0.15) is 11.1 Å². The molecule has 0 unspecified atom stereocenters. The van der Waals surface area contributed by atoms with Crippen molar-refractivity contribution in [1.29, 1.82) is 0 Å². The number of non-ortho nitro benzene ring substituents is 1. The molecule has 0 heterocycles. The second kappa shape index (κ2) is 6.24. The first-order chi connectivity index (χ1) is 11.1. The minimum Gasteiger partial charge on any atom is -0.279 e. The van der Waals surface area contributed by atoms with Gasteiger partial charge >= 0.3 is 0 Å². The summed E-state index contributed by atoms with van der Waals surface area (Å²) in [5.41, 5.74) is 0.241. The molecule has 1 N–H and O–H groups in total. The lowest BCUT2D eigenvalue weighted by molar-refractivity contribution is -0.385. The number of aryl methyl sites for hydroxylation is 2. The maximum absolute atomic E-state index is 12.4. The zero-order valence-electron chi connectivity index (χ0n) is 12.7. The fourth-order valence-corrected chi connectivity index (χ4v) is 3.13. The summed E-state index contributed by atoms with van der Waals surface area (Å²) < 4.78 is 27.1. The van der Waals surface area contributed by atoms with Gasteiger partial charge in [0.15, 0.2) is 0 Å². The van der Waals surface area contributed by atoms with Crippen LogP contribution in [0.4, 0.5) is 17.1 Å². The molecule has 0 saturated heterocycles. The monoisotopic (exact) mass is 351 g/mol. The van der Waals surface area contributed by atoms with Crippen LogP contribution < -0.4 is 4.72 Å².